The van der Waals surface area contributed by atoms with E-state index in [9.17, 15) is 13.0 Å². The minimum Gasteiger partial charge on any atom is -0.379 e. The number of nitrogens with zero attached hydrogens (tertiary/aromatic N) is 1. The summed E-state index contributed by atoms with van der Waals surface area (Å²) in [6.45, 7) is 3.38. The summed E-state index contributed by atoms with van der Waals surface area (Å²) in [5.74, 6) is 0. The first-order valence-corrected chi connectivity index (χ1v) is 18.3. The number of nitrogens with one attached hydrogen (secondary N) is 1. The minimum absolute atomic E-state index is 0.131. The molecule has 0 aliphatic heterocycles. The van der Waals surface area contributed by atoms with E-state index in [2.05, 4.69) is 11.6 Å². The molecule has 39 heavy (non-hydrogen) atoms. The van der Waals surface area contributed by atoms with E-state index in [1.807, 2.05) is 21.1 Å². The van der Waals surface area contributed by atoms with Crippen LogP contribution < -0.4 is 4.72 Å². The maximum Gasteiger partial charge on any atom is 0.469 e. The van der Waals surface area contributed by atoms with Crippen LogP contribution in [0.2, 0.25) is 0 Å². The third-order valence-corrected chi connectivity index (χ3v) is 8.05. The lowest BCUT2D eigenvalue weighted by Crippen LogP contribution is -2.50. The Kier molecular flexibility index (Phi) is 22.4. The van der Waals surface area contributed by atoms with E-state index in [0.29, 0.717) is 24.1 Å². The quantitative estimate of drug-likeness (QED) is 0.0648. The number of rotatable bonds is 28. The Labute approximate surface area is 239 Å². The van der Waals surface area contributed by atoms with Crippen molar-refractivity contribution in [3.63, 3.8) is 0 Å². The molecule has 0 spiro atoms. The average molecular weight is 604 g/mol. The third-order valence-electron chi connectivity index (χ3n) is 6.83. The molecule has 0 aliphatic carbocycles. The highest BCUT2D eigenvalue weighted by atomic mass is 32.2. The van der Waals surface area contributed by atoms with Gasteiger partial charge in [-0.05, 0) is 6.42 Å². The van der Waals surface area contributed by atoms with E-state index in [4.69, 9.17) is 23.8 Å². The molecule has 0 aromatic rings. The molecule has 2 atom stereocenters. The molecule has 0 fully saturated rings. The van der Waals surface area contributed by atoms with E-state index in [0.717, 1.165) is 19.1 Å². The highest BCUT2D eigenvalue weighted by Crippen LogP contribution is 2.36. The van der Waals surface area contributed by atoms with Gasteiger partial charge in [0.1, 0.15) is 12.6 Å². The SMILES string of the molecule is CCCCCCCCCCCCCCCCOCC(CC(COP(=O)(O)O)[N+](C)(C)C)OCCNS(C)(=O)=O. The van der Waals surface area contributed by atoms with Crippen molar-refractivity contribution in [3.8, 4) is 0 Å². The Morgan fingerprint density at radius 3 is 1.72 bits per heavy atom. The second-order valence-electron chi connectivity index (χ2n) is 11.6. The van der Waals surface area contributed by atoms with Gasteiger partial charge in [-0.25, -0.2) is 17.7 Å². The number of hydrogen-bond donors (Lipinski definition) is 3. The minimum atomic E-state index is -4.59. The molecule has 0 radical (unpaired) electrons. The first kappa shape index (κ1) is 38.9. The number of ether oxygens (including phenoxy) is 2. The fourth-order valence-corrected chi connectivity index (χ4v) is 5.17. The Balaban J connectivity index is 4.27. The smallest absolute Gasteiger partial charge is 0.379 e. The van der Waals surface area contributed by atoms with Crippen LogP contribution in [-0.2, 0) is 28.6 Å². The molecule has 236 valence electrons. The average Bonchev–Trinajstić information content (AvgIpc) is 2.81. The van der Waals surface area contributed by atoms with Crippen molar-refractivity contribution in [3.05, 3.63) is 0 Å². The van der Waals surface area contributed by atoms with Crippen LogP contribution in [0.3, 0.4) is 0 Å². The van der Waals surface area contributed by atoms with Gasteiger partial charge >= 0.3 is 7.82 Å². The molecular formula is C27H60N2O8PS+. The standard InChI is InChI=1S/C27H59N2O8PS/c1-6-7-8-9-10-11-12-13-14-15-16-17-18-19-21-35-25-27(36-22-20-28-39(5,33)34)23-26(29(2,3)4)24-37-38(30,31)32/h26-28H,6-25H2,1-5H3,(H-,30,31,32)/p+1. The third kappa shape index (κ3) is 27.8. The van der Waals surface area contributed by atoms with Crippen molar-refractivity contribution < 1.29 is 41.3 Å². The van der Waals surface area contributed by atoms with Gasteiger partial charge in [0, 0.05) is 19.6 Å². The summed E-state index contributed by atoms with van der Waals surface area (Å²) in [6.07, 6.45) is 19.3. The van der Waals surface area contributed by atoms with Gasteiger partial charge in [-0.3, -0.25) is 4.52 Å². The molecule has 12 heteroatoms. The molecule has 0 heterocycles. The zero-order chi connectivity index (χ0) is 29.6. The second-order valence-corrected chi connectivity index (χ2v) is 14.7. The molecule has 0 bridgehead atoms. The van der Waals surface area contributed by atoms with E-state index >= 15 is 0 Å². The van der Waals surface area contributed by atoms with E-state index in [1.165, 1.54) is 77.0 Å². The summed E-state index contributed by atoms with van der Waals surface area (Å²) in [5.41, 5.74) is 0. The molecule has 3 N–H and O–H groups in total. The Morgan fingerprint density at radius 2 is 1.28 bits per heavy atom. The number of phosphoric acid groups is 1. The van der Waals surface area contributed by atoms with Crippen LogP contribution >= 0.6 is 7.82 Å². The van der Waals surface area contributed by atoms with Crippen LogP contribution in [0.15, 0.2) is 0 Å². The van der Waals surface area contributed by atoms with Crippen LogP contribution in [0, 0.1) is 0 Å². The number of likely N-dealkylation sites (N-methyl/N-ethyl adjacent to an activating group) is 1. The van der Waals surface area contributed by atoms with Gasteiger partial charge in [0.15, 0.2) is 0 Å². The first-order chi connectivity index (χ1) is 18.2. The largest absolute Gasteiger partial charge is 0.469 e. The molecule has 2 unspecified atom stereocenters. The van der Waals surface area contributed by atoms with Crippen LogP contribution in [0.4, 0.5) is 0 Å². The molecule has 10 nitrogen and oxygen atoms in total. The van der Waals surface area contributed by atoms with Crippen molar-refractivity contribution in [1.29, 1.82) is 0 Å². The van der Waals surface area contributed by atoms with Crippen LogP contribution in [0.1, 0.15) is 103 Å². The summed E-state index contributed by atoms with van der Waals surface area (Å²) in [5, 5.41) is 0. The number of quaternary nitrogens is 1. The van der Waals surface area contributed by atoms with Crippen LogP contribution in [0.25, 0.3) is 0 Å². The van der Waals surface area contributed by atoms with Gasteiger partial charge in [-0.1, -0.05) is 90.4 Å². The molecule has 0 aliphatic rings. The maximum absolute atomic E-state index is 11.3. The lowest BCUT2D eigenvalue weighted by atomic mass is 10.0. The second kappa shape index (κ2) is 22.5. The number of unbranched alkanes of at least 4 members (excludes halogenated alkanes) is 13. The zero-order valence-electron chi connectivity index (χ0n) is 25.4. The summed E-state index contributed by atoms with van der Waals surface area (Å²) < 4.78 is 53.3. The van der Waals surface area contributed by atoms with Gasteiger partial charge in [0.05, 0.1) is 46.7 Å². The lowest BCUT2D eigenvalue weighted by molar-refractivity contribution is -0.897. The summed E-state index contributed by atoms with van der Waals surface area (Å²) in [6, 6.07) is -0.254. The zero-order valence-corrected chi connectivity index (χ0v) is 27.2. The first-order valence-electron chi connectivity index (χ1n) is 14.9. The predicted molar refractivity (Wildman–Crippen MR) is 158 cm³/mol. The van der Waals surface area contributed by atoms with Crippen molar-refractivity contribution in [1.82, 2.24) is 4.72 Å². The Hall–Kier alpha value is -0.100. The maximum atomic E-state index is 11.3. The Morgan fingerprint density at radius 1 is 0.795 bits per heavy atom. The van der Waals surface area contributed by atoms with Gasteiger partial charge in [0.25, 0.3) is 0 Å². The number of sulfonamides is 1. The van der Waals surface area contributed by atoms with Gasteiger partial charge in [0.2, 0.25) is 10.0 Å². The molecule has 0 aromatic carbocycles. The summed E-state index contributed by atoms with van der Waals surface area (Å²) in [4.78, 5) is 18.3. The molecule has 0 rings (SSSR count). The van der Waals surface area contributed by atoms with Crippen LogP contribution in [-0.4, -0.2) is 95.2 Å². The molecule has 0 saturated carbocycles. The lowest BCUT2D eigenvalue weighted by Gasteiger charge is -2.36. The van der Waals surface area contributed by atoms with Crippen molar-refractivity contribution >= 4 is 17.8 Å². The fraction of sp³-hybridized carbons (Fsp3) is 1.00. The molecule has 0 aromatic heterocycles. The summed E-state index contributed by atoms with van der Waals surface area (Å²) in [7, 11) is -2.13. The van der Waals surface area contributed by atoms with Gasteiger partial charge < -0.3 is 23.7 Å². The van der Waals surface area contributed by atoms with Gasteiger partial charge in [-0.15, -0.1) is 0 Å². The highest BCUT2D eigenvalue weighted by molar-refractivity contribution is 7.88. The monoisotopic (exact) mass is 603 g/mol. The van der Waals surface area contributed by atoms with Gasteiger partial charge in [-0.2, -0.15) is 0 Å². The topological polar surface area (TPSA) is 131 Å². The van der Waals surface area contributed by atoms with Crippen molar-refractivity contribution in [2.24, 2.45) is 0 Å². The van der Waals surface area contributed by atoms with Crippen LogP contribution in [0.5, 0.6) is 0 Å². The fourth-order valence-electron chi connectivity index (χ4n) is 4.34. The number of phosphoric ester groups is 1. The van der Waals surface area contributed by atoms with E-state index in [1.54, 1.807) is 0 Å². The summed E-state index contributed by atoms with van der Waals surface area (Å²) >= 11 is 0. The van der Waals surface area contributed by atoms with Crippen molar-refractivity contribution in [2.75, 3.05) is 60.4 Å². The number of hydrogen-bond acceptors (Lipinski definition) is 6. The van der Waals surface area contributed by atoms with Crippen molar-refractivity contribution in [2.45, 2.75) is 115 Å². The molecular weight excluding hydrogens is 543 g/mol. The molecule has 0 saturated heterocycles. The highest BCUT2D eigenvalue weighted by Gasteiger charge is 2.31. The molecule has 0 amide bonds. The van der Waals surface area contributed by atoms with E-state index in [-0.39, 0.29) is 31.9 Å². The predicted octanol–water partition coefficient (Wildman–Crippen LogP) is 4.99. The van der Waals surface area contributed by atoms with E-state index < -0.39 is 17.8 Å². The normalized spacial score (nSPS) is 14.5. The Bertz CT molecular complexity index is 728.